The lowest BCUT2D eigenvalue weighted by molar-refractivity contribution is -0.127. The molecule has 7 nitrogen and oxygen atoms in total. The topological polar surface area (TPSA) is 81.8 Å². The minimum atomic E-state index is -0.721. The second-order valence-electron chi connectivity index (χ2n) is 8.12. The van der Waals surface area contributed by atoms with Gasteiger partial charge in [0, 0.05) is 38.3 Å². The van der Waals surface area contributed by atoms with Crippen LogP contribution in [0.25, 0.3) is 0 Å². The van der Waals surface area contributed by atoms with Gasteiger partial charge in [0.15, 0.2) is 0 Å². The summed E-state index contributed by atoms with van der Waals surface area (Å²) in [5.74, 6) is -1.00. The van der Waals surface area contributed by atoms with E-state index in [9.17, 15) is 18.8 Å². The Morgan fingerprint density at radius 3 is 2.48 bits per heavy atom. The zero-order valence-electron chi connectivity index (χ0n) is 18.3. The van der Waals surface area contributed by atoms with Crippen LogP contribution in [-0.4, -0.2) is 73.2 Å². The van der Waals surface area contributed by atoms with E-state index in [1.54, 1.807) is 6.92 Å². The number of unbranched alkanes of at least 4 members (excludes halogenated alkanes) is 2. The van der Waals surface area contributed by atoms with Crippen molar-refractivity contribution in [1.82, 2.24) is 15.1 Å². The molecule has 1 aromatic carbocycles. The molecule has 1 fully saturated rings. The van der Waals surface area contributed by atoms with Crippen molar-refractivity contribution in [3.63, 3.8) is 0 Å². The Morgan fingerprint density at radius 2 is 1.84 bits per heavy atom. The zero-order chi connectivity index (χ0) is 22.8. The van der Waals surface area contributed by atoms with E-state index in [0.29, 0.717) is 24.9 Å². The summed E-state index contributed by atoms with van der Waals surface area (Å²) >= 11 is 5.79. The van der Waals surface area contributed by atoms with Crippen LogP contribution >= 0.6 is 11.6 Å². The van der Waals surface area contributed by atoms with Crippen LogP contribution in [0.3, 0.4) is 0 Å². The highest BCUT2D eigenvalue weighted by Gasteiger charge is 2.23. The minimum absolute atomic E-state index is 0.0855. The molecule has 1 heterocycles. The van der Waals surface area contributed by atoms with Crippen molar-refractivity contribution in [3.8, 4) is 0 Å². The molecule has 1 aromatic rings. The van der Waals surface area contributed by atoms with Crippen LogP contribution in [0, 0.1) is 5.82 Å². The summed E-state index contributed by atoms with van der Waals surface area (Å²) in [6, 6.07) is 3.22. The van der Waals surface area contributed by atoms with E-state index in [2.05, 4.69) is 20.4 Å². The number of amides is 2. The van der Waals surface area contributed by atoms with Crippen LogP contribution in [-0.2, 0) is 14.4 Å². The first-order valence-electron chi connectivity index (χ1n) is 10.7. The predicted octanol–water partition coefficient (Wildman–Crippen LogP) is 2.69. The number of nitrogens with one attached hydrogen (secondary N) is 2. The molecule has 0 aliphatic carbocycles. The van der Waals surface area contributed by atoms with E-state index in [-0.39, 0.29) is 29.2 Å². The molecule has 2 N–H and O–H groups in total. The van der Waals surface area contributed by atoms with Crippen molar-refractivity contribution in [3.05, 3.63) is 29.0 Å². The number of carbonyl (C=O) groups excluding carboxylic acids is 3. The molecule has 0 radical (unpaired) electrons. The number of hydrogen-bond acceptors (Lipinski definition) is 5. The predicted molar refractivity (Wildman–Crippen MR) is 120 cm³/mol. The molecule has 172 valence electrons. The Hall–Kier alpha value is -2.03. The molecule has 0 saturated carbocycles. The summed E-state index contributed by atoms with van der Waals surface area (Å²) in [5, 5.41) is 5.46. The quantitative estimate of drug-likeness (QED) is 0.502. The molecule has 1 saturated heterocycles. The standard InChI is InChI=1S/C22H32ClFN4O3/c1-16(29)6-4-3-5-7-20(22(31)25-17-8-9-19(24)18(23)14-17)26-21(30)15-28-12-10-27(2)11-13-28/h8-9,14,20H,3-7,10-13,15H2,1-2H3,(H,25,31)(H,26,30). The van der Waals surface area contributed by atoms with Gasteiger partial charge >= 0.3 is 0 Å². The number of hydrogen-bond donors (Lipinski definition) is 2. The molecular formula is C22H32ClFN4O3. The molecule has 1 atom stereocenters. The monoisotopic (exact) mass is 454 g/mol. The Balaban J connectivity index is 1.93. The summed E-state index contributed by atoms with van der Waals surface area (Å²) in [6.07, 6.45) is 3.21. The first-order valence-corrected chi connectivity index (χ1v) is 11.1. The van der Waals surface area contributed by atoms with Crippen molar-refractivity contribution in [2.75, 3.05) is 45.1 Å². The molecule has 1 aliphatic heterocycles. The zero-order valence-corrected chi connectivity index (χ0v) is 19.0. The smallest absolute Gasteiger partial charge is 0.246 e. The van der Waals surface area contributed by atoms with Gasteiger partial charge < -0.3 is 20.3 Å². The molecule has 0 aromatic heterocycles. The molecule has 2 rings (SSSR count). The van der Waals surface area contributed by atoms with Crippen molar-refractivity contribution in [1.29, 1.82) is 0 Å². The maximum absolute atomic E-state index is 13.4. The van der Waals surface area contributed by atoms with Crippen LogP contribution in [0.15, 0.2) is 18.2 Å². The van der Waals surface area contributed by atoms with Gasteiger partial charge in [-0.15, -0.1) is 0 Å². The van der Waals surface area contributed by atoms with Gasteiger partial charge in [0.2, 0.25) is 11.8 Å². The van der Waals surface area contributed by atoms with Gasteiger partial charge in [0.25, 0.3) is 0 Å². The first-order chi connectivity index (χ1) is 14.7. The van der Waals surface area contributed by atoms with Crippen LogP contribution in [0.1, 0.15) is 39.0 Å². The van der Waals surface area contributed by atoms with Crippen LogP contribution in [0.2, 0.25) is 5.02 Å². The van der Waals surface area contributed by atoms with Gasteiger partial charge in [0.1, 0.15) is 17.6 Å². The van der Waals surface area contributed by atoms with Gasteiger partial charge in [-0.2, -0.15) is 0 Å². The van der Waals surface area contributed by atoms with Crippen LogP contribution in [0.5, 0.6) is 0 Å². The van der Waals surface area contributed by atoms with Gasteiger partial charge in [-0.1, -0.05) is 24.4 Å². The summed E-state index contributed by atoms with van der Waals surface area (Å²) in [5.41, 5.74) is 0.367. The van der Waals surface area contributed by atoms with Crippen molar-refractivity contribution < 1.29 is 18.8 Å². The average Bonchev–Trinajstić information content (AvgIpc) is 2.71. The first kappa shape index (κ1) is 25.2. The number of anilines is 1. The number of benzene rings is 1. The van der Waals surface area contributed by atoms with E-state index in [1.165, 1.54) is 18.2 Å². The van der Waals surface area contributed by atoms with E-state index >= 15 is 0 Å². The lowest BCUT2D eigenvalue weighted by atomic mass is 10.1. The van der Waals surface area contributed by atoms with Crippen molar-refractivity contribution in [2.45, 2.75) is 45.1 Å². The number of halogens is 2. The SMILES string of the molecule is CC(=O)CCCCCC(NC(=O)CN1CCN(C)CC1)C(=O)Nc1ccc(F)c(Cl)c1. The lowest BCUT2D eigenvalue weighted by Crippen LogP contribution is -2.51. The normalized spacial score (nSPS) is 16.0. The summed E-state index contributed by atoms with van der Waals surface area (Å²) in [7, 11) is 2.05. The molecular weight excluding hydrogens is 423 g/mol. The highest BCUT2D eigenvalue weighted by Crippen LogP contribution is 2.20. The second kappa shape index (κ2) is 12.7. The highest BCUT2D eigenvalue weighted by molar-refractivity contribution is 6.31. The fourth-order valence-electron chi connectivity index (χ4n) is 3.42. The Bertz CT molecular complexity index is 769. The molecule has 1 unspecified atom stereocenters. The highest BCUT2D eigenvalue weighted by atomic mass is 35.5. The Kier molecular flexibility index (Phi) is 10.4. The van der Waals surface area contributed by atoms with Gasteiger partial charge in [-0.05, 0) is 45.0 Å². The molecule has 0 bridgehead atoms. The molecule has 1 aliphatic rings. The average molecular weight is 455 g/mol. The number of rotatable bonds is 11. The second-order valence-corrected chi connectivity index (χ2v) is 8.53. The third-order valence-electron chi connectivity index (χ3n) is 5.32. The summed E-state index contributed by atoms with van der Waals surface area (Å²) < 4.78 is 13.4. The van der Waals surface area contributed by atoms with Crippen molar-refractivity contribution in [2.24, 2.45) is 0 Å². The molecule has 0 spiro atoms. The number of likely N-dealkylation sites (N-methyl/N-ethyl adjacent to an activating group) is 1. The van der Waals surface area contributed by atoms with E-state index in [4.69, 9.17) is 11.6 Å². The Labute approximate surface area is 188 Å². The number of carbonyl (C=O) groups is 3. The van der Waals surface area contributed by atoms with E-state index < -0.39 is 11.9 Å². The fourth-order valence-corrected chi connectivity index (χ4v) is 3.60. The Morgan fingerprint density at radius 1 is 1.13 bits per heavy atom. The van der Waals surface area contributed by atoms with Gasteiger partial charge in [0.05, 0.1) is 11.6 Å². The van der Waals surface area contributed by atoms with Crippen LogP contribution < -0.4 is 10.6 Å². The fraction of sp³-hybridized carbons (Fsp3) is 0.591. The van der Waals surface area contributed by atoms with E-state index in [1.807, 2.05) is 7.05 Å². The van der Waals surface area contributed by atoms with Crippen LogP contribution in [0.4, 0.5) is 10.1 Å². The maximum Gasteiger partial charge on any atom is 0.246 e. The largest absolute Gasteiger partial charge is 0.343 e. The number of Topliss-reactive ketones (excluding diaryl/α,β-unsaturated/α-hetero) is 1. The molecule has 2 amide bonds. The maximum atomic E-state index is 13.4. The summed E-state index contributed by atoms with van der Waals surface area (Å²) in [4.78, 5) is 40.8. The number of piperazine rings is 1. The lowest BCUT2D eigenvalue weighted by Gasteiger charge is -2.32. The van der Waals surface area contributed by atoms with Gasteiger partial charge in [-0.25, -0.2) is 4.39 Å². The van der Waals surface area contributed by atoms with E-state index in [0.717, 1.165) is 39.0 Å². The van der Waals surface area contributed by atoms with Crippen molar-refractivity contribution >= 4 is 34.9 Å². The molecule has 31 heavy (non-hydrogen) atoms. The minimum Gasteiger partial charge on any atom is -0.343 e. The number of ketones is 1. The molecule has 9 heteroatoms. The summed E-state index contributed by atoms with van der Waals surface area (Å²) in [6.45, 7) is 5.21. The van der Waals surface area contributed by atoms with Gasteiger partial charge in [-0.3, -0.25) is 14.5 Å². The number of nitrogens with zero attached hydrogens (tertiary/aromatic N) is 2. The third kappa shape index (κ3) is 9.33. The third-order valence-corrected chi connectivity index (χ3v) is 5.61.